The van der Waals surface area contributed by atoms with Crippen molar-refractivity contribution in [2.24, 2.45) is 0 Å². The third kappa shape index (κ3) is 3.53. The summed E-state index contributed by atoms with van der Waals surface area (Å²) in [6.45, 7) is 3.50. The van der Waals surface area contributed by atoms with Crippen LogP contribution in [0.15, 0.2) is 18.2 Å². The molecule has 1 atom stereocenters. The van der Waals surface area contributed by atoms with Gasteiger partial charge in [0, 0.05) is 25.2 Å². The highest BCUT2D eigenvalue weighted by Crippen LogP contribution is 2.14. The number of carbonyl (C=O) groups is 1. The molecule has 0 spiro atoms. The van der Waals surface area contributed by atoms with Crippen LogP contribution in [0, 0.1) is 12.7 Å². The zero-order chi connectivity index (χ0) is 13.8. The molecule has 0 radical (unpaired) electrons. The van der Waals surface area contributed by atoms with Crippen molar-refractivity contribution in [1.29, 1.82) is 0 Å². The lowest BCUT2D eigenvalue weighted by Crippen LogP contribution is -2.44. The lowest BCUT2D eigenvalue weighted by molar-refractivity contribution is 0.0774. The third-order valence-corrected chi connectivity index (χ3v) is 3.67. The Morgan fingerprint density at radius 1 is 1.47 bits per heavy atom. The number of amides is 1. The second kappa shape index (κ2) is 6.15. The van der Waals surface area contributed by atoms with Crippen molar-refractivity contribution in [3.8, 4) is 0 Å². The van der Waals surface area contributed by atoms with Crippen molar-refractivity contribution in [3.05, 3.63) is 35.1 Å². The van der Waals surface area contributed by atoms with E-state index in [9.17, 15) is 9.18 Å². The highest BCUT2D eigenvalue weighted by atomic mass is 19.1. The molecule has 1 aromatic carbocycles. The summed E-state index contributed by atoms with van der Waals surface area (Å²) in [5.74, 6) is -0.337. The normalized spacial score (nSPS) is 19.2. The Morgan fingerprint density at radius 3 is 2.89 bits per heavy atom. The van der Waals surface area contributed by atoms with Gasteiger partial charge in [0.25, 0.3) is 5.91 Å². The molecule has 0 saturated carbocycles. The zero-order valence-corrected chi connectivity index (χ0v) is 11.6. The number of carbonyl (C=O) groups excluding carboxylic acids is 1. The van der Waals surface area contributed by atoms with E-state index >= 15 is 0 Å². The van der Waals surface area contributed by atoms with Crippen LogP contribution in [0.1, 0.15) is 35.2 Å². The monoisotopic (exact) mass is 264 g/mol. The molecule has 1 aliphatic rings. The fourth-order valence-electron chi connectivity index (χ4n) is 2.57. The standard InChI is InChI=1S/C15H21FN2O/c1-11-9-12(16)6-7-14(11)15(19)18(2)10-13-5-3-4-8-17-13/h6-7,9,13,17H,3-5,8,10H2,1-2H3. The van der Waals surface area contributed by atoms with Gasteiger partial charge in [0.05, 0.1) is 0 Å². The van der Waals surface area contributed by atoms with Gasteiger partial charge in [0.15, 0.2) is 0 Å². The first-order valence-electron chi connectivity index (χ1n) is 6.83. The van der Waals surface area contributed by atoms with Crippen molar-refractivity contribution in [2.75, 3.05) is 20.1 Å². The van der Waals surface area contributed by atoms with E-state index in [-0.39, 0.29) is 11.7 Å². The number of piperidine rings is 1. The van der Waals surface area contributed by atoms with Crippen molar-refractivity contribution in [2.45, 2.75) is 32.2 Å². The Hall–Kier alpha value is -1.42. The first-order valence-corrected chi connectivity index (χ1v) is 6.83. The zero-order valence-electron chi connectivity index (χ0n) is 11.6. The average molecular weight is 264 g/mol. The molecule has 3 nitrogen and oxygen atoms in total. The predicted octanol–water partition coefficient (Wildman–Crippen LogP) is 2.35. The summed E-state index contributed by atoms with van der Waals surface area (Å²) in [6.07, 6.45) is 3.54. The van der Waals surface area contributed by atoms with Crippen LogP contribution in [-0.4, -0.2) is 37.0 Å². The lowest BCUT2D eigenvalue weighted by Gasteiger charge is -2.28. The van der Waals surface area contributed by atoms with Gasteiger partial charge in [0.2, 0.25) is 0 Å². The van der Waals surface area contributed by atoms with Crippen LogP contribution in [-0.2, 0) is 0 Å². The summed E-state index contributed by atoms with van der Waals surface area (Å²) in [7, 11) is 1.81. The molecule has 1 unspecified atom stereocenters. The van der Waals surface area contributed by atoms with Crippen LogP contribution >= 0.6 is 0 Å². The van der Waals surface area contributed by atoms with Crippen LogP contribution in [0.4, 0.5) is 4.39 Å². The van der Waals surface area contributed by atoms with Crippen LogP contribution in [0.5, 0.6) is 0 Å². The highest BCUT2D eigenvalue weighted by molar-refractivity contribution is 5.95. The molecule has 0 aliphatic carbocycles. The summed E-state index contributed by atoms with van der Waals surface area (Å²) in [4.78, 5) is 14.1. The molecule has 104 valence electrons. The molecule has 1 fully saturated rings. The van der Waals surface area contributed by atoms with Gasteiger partial charge >= 0.3 is 0 Å². The molecule has 1 aliphatic heterocycles. The molecular weight excluding hydrogens is 243 g/mol. The van der Waals surface area contributed by atoms with Crippen LogP contribution < -0.4 is 5.32 Å². The fraction of sp³-hybridized carbons (Fsp3) is 0.533. The Kier molecular flexibility index (Phi) is 4.53. The minimum atomic E-state index is -0.300. The number of hydrogen-bond acceptors (Lipinski definition) is 2. The first kappa shape index (κ1) is 14.0. The second-order valence-electron chi connectivity index (χ2n) is 5.29. The van der Waals surface area contributed by atoms with Gasteiger partial charge in [0.1, 0.15) is 5.82 Å². The maximum Gasteiger partial charge on any atom is 0.253 e. The third-order valence-electron chi connectivity index (χ3n) is 3.67. The number of nitrogens with zero attached hydrogens (tertiary/aromatic N) is 1. The number of likely N-dealkylation sites (N-methyl/N-ethyl adjacent to an activating group) is 1. The predicted molar refractivity (Wildman–Crippen MR) is 73.7 cm³/mol. The molecule has 1 heterocycles. The summed E-state index contributed by atoms with van der Waals surface area (Å²) in [5.41, 5.74) is 1.27. The van der Waals surface area contributed by atoms with E-state index in [1.807, 2.05) is 0 Å². The van der Waals surface area contributed by atoms with Crippen molar-refractivity contribution >= 4 is 5.91 Å². The number of benzene rings is 1. The molecule has 19 heavy (non-hydrogen) atoms. The van der Waals surface area contributed by atoms with Gasteiger partial charge in [-0.2, -0.15) is 0 Å². The van der Waals surface area contributed by atoms with Crippen LogP contribution in [0.3, 0.4) is 0 Å². The van der Waals surface area contributed by atoms with E-state index in [1.54, 1.807) is 24.9 Å². The number of rotatable bonds is 3. The highest BCUT2D eigenvalue weighted by Gasteiger charge is 2.19. The summed E-state index contributed by atoms with van der Waals surface area (Å²) < 4.78 is 13.0. The Labute approximate surface area is 113 Å². The SMILES string of the molecule is Cc1cc(F)ccc1C(=O)N(C)CC1CCCCN1. The van der Waals surface area contributed by atoms with Crippen molar-refractivity contribution in [3.63, 3.8) is 0 Å². The van der Waals surface area contributed by atoms with Gasteiger partial charge in [-0.05, 0) is 50.1 Å². The molecule has 4 heteroatoms. The summed E-state index contributed by atoms with van der Waals surface area (Å²) in [6, 6.07) is 4.69. The van der Waals surface area contributed by atoms with Crippen molar-refractivity contribution < 1.29 is 9.18 Å². The maximum atomic E-state index is 13.0. The van der Waals surface area contributed by atoms with Gasteiger partial charge in [-0.25, -0.2) is 4.39 Å². The topological polar surface area (TPSA) is 32.3 Å². The smallest absolute Gasteiger partial charge is 0.253 e. The van der Waals surface area contributed by atoms with E-state index in [1.165, 1.54) is 25.0 Å². The van der Waals surface area contributed by atoms with Crippen LogP contribution in [0.25, 0.3) is 0 Å². The minimum absolute atomic E-state index is 0.0372. The largest absolute Gasteiger partial charge is 0.340 e. The molecule has 0 bridgehead atoms. The number of hydrogen-bond donors (Lipinski definition) is 1. The molecule has 0 aromatic heterocycles. The average Bonchev–Trinajstić information content (AvgIpc) is 2.39. The van der Waals surface area contributed by atoms with Gasteiger partial charge in [-0.15, -0.1) is 0 Å². The van der Waals surface area contributed by atoms with E-state index in [0.717, 1.165) is 13.0 Å². The maximum absolute atomic E-state index is 13.0. The van der Waals surface area contributed by atoms with E-state index in [0.29, 0.717) is 23.7 Å². The quantitative estimate of drug-likeness (QED) is 0.909. The molecule has 1 N–H and O–H groups in total. The Balaban J connectivity index is 2.01. The van der Waals surface area contributed by atoms with Gasteiger partial charge in [-0.3, -0.25) is 4.79 Å². The Morgan fingerprint density at radius 2 is 2.26 bits per heavy atom. The summed E-state index contributed by atoms with van der Waals surface area (Å²) in [5, 5.41) is 3.43. The first-order chi connectivity index (χ1) is 9.08. The fourth-order valence-corrected chi connectivity index (χ4v) is 2.57. The van der Waals surface area contributed by atoms with E-state index in [2.05, 4.69) is 5.32 Å². The lowest BCUT2D eigenvalue weighted by atomic mass is 10.0. The molecule has 1 saturated heterocycles. The van der Waals surface area contributed by atoms with Gasteiger partial charge < -0.3 is 10.2 Å². The molecule has 1 amide bonds. The van der Waals surface area contributed by atoms with Gasteiger partial charge in [-0.1, -0.05) is 6.42 Å². The summed E-state index contributed by atoms with van der Waals surface area (Å²) >= 11 is 0. The number of halogens is 1. The minimum Gasteiger partial charge on any atom is -0.340 e. The number of aryl methyl sites for hydroxylation is 1. The molecule has 1 aromatic rings. The molecular formula is C15H21FN2O. The van der Waals surface area contributed by atoms with E-state index in [4.69, 9.17) is 0 Å². The van der Waals surface area contributed by atoms with Crippen molar-refractivity contribution in [1.82, 2.24) is 10.2 Å². The van der Waals surface area contributed by atoms with Crippen LogP contribution in [0.2, 0.25) is 0 Å². The van der Waals surface area contributed by atoms with E-state index < -0.39 is 0 Å². The second-order valence-corrected chi connectivity index (χ2v) is 5.29. The number of nitrogens with one attached hydrogen (secondary N) is 1. The Bertz CT molecular complexity index is 455. The molecule has 2 rings (SSSR count).